The number of nitrogens with one attached hydrogen (secondary N) is 1. The lowest BCUT2D eigenvalue weighted by atomic mass is 10.1. The van der Waals surface area contributed by atoms with E-state index in [0.29, 0.717) is 19.9 Å². The van der Waals surface area contributed by atoms with Crippen molar-refractivity contribution in [3.63, 3.8) is 0 Å². The zero-order chi connectivity index (χ0) is 10.7. The Morgan fingerprint density at radius 2 is 1.93 bits per heavy atom. The molecule has 0 atom stereocenters. The zero-order valence-corrected chi connectivity index (χ0v) is 9.00. The van der Waals surface area contributed by atoms with Crippen molar-refractivity contribution in [2.24, 2.45) is 0 Å². The average molecular weight is 209 g/mol. The maximum Gasteiger partial charge on any atom is 0.163 e. The highest BCUT2D eigenvalue weighted by Crippen LogP contribution is 2.35. The van der Waals surface area contributed by atoms with Crippen LogP contribution in [0.3, 0.4) is 0 Å². The minimum absolute atomic E-state index is 0.487. The topological polar surface area (TPSA) is 39.7 Å². The SMILES string of the molecule is COCNc1cc2c(cc1C)OCCO2. The van der Waals surface area contributed by atoms with Crippen LogP contribution < -0.4 is 14.8 Å². The molecule has 0 aromatic heterocycles. The van der Waals surface area contributed by atoms with Crippen molar-refractivity contribution < 1.29 is 14.2 Å². The maximum atomic E-state index is 5.49. The average Bonchev–Trinajstić information content (AvgIpc) is 2.26. The normalized spacial score (nSPS) is 13.7. The Labute approximate surface area is 89.1 Å². The second kappa shape index (κ2) is 4.40. The Balaban J connectivity index is 2.24. The summed E-state index contributed by atoms with van der Waals surface area (Å²) in [4.78, 5) is 0. The van der Waals surface area contributed by atoms with E-state index >= 15 is 0 Å². The first-order valence-corrected chi connectivity index (χ1v) is 4.94. The van der Waals surface area contributed by atoms with Crippen LogP contribution in [0.25, 0.3) is 0 Å². The summed E-state index contributed by atoms with van der Waals surface area (Å²) in [5.41, 5.74) is 2.14. The summed E-state index contributed by atoms with van der Waals surface area (Å²) in [6.45, 7) is 3.74. The Bertz CT molecular complexity index is 352. The van der Waals surface area contributed by atoms with Gasteiger partial charge in [-0.25, -0.2) is 0 Å². The number of hydrogen-bond acceptors (Lipinski definition) is 4. The minimum Gasteiger partial charge on any atom is -0.486 e. The summed E-state index contributed by atoms with van der Waals surface area (Å²) in [6, 6.07) is 3.93. The van der Waals surface area contributed by atoms with Crippen LogP contribution in [0.15, 0.2) is 12.1 Å². The Kier molecular flexibility index (Phi) is 2.97. The second-order valence-corrected chi connectivity index (χ2v) is 3.42. The fourth-order valence-electron chi connectivity index (χ4n) is 1.53. The van der Waals surface area contributed by atoms with Gasteiger partial charge < -0.3 is 19.5 Å². The number of rotatable bonds is 3. The van der Waals surface area contributed by atoms with E-state index in [-0.39, 0.29) is 0 Å². The molecule has 0 radical (unpaired) electrons. The first kappa shape index (κ1) is 10.1. The van der Waals surface area contributed by atoms with Gasteiger partial charge in [-0.2, -0.15) is 0 Å². The molecule has 0 bridgehead atoms. The fraction of sp³-hybridized carbons (Fsp3) is 0.455. The lowest BCUT2D eigenvalue weighted by Gasteiger charge is -2.20. The third-order valence-electron chi connectivity index (χ3n) is 2.30. The predicted octanol–water partition coefficient (Wildman–Crippen LogP) is 1.78. The number of hydrogen-bond donors (Lipinski definition) is 1. The molecule has 0 unspecified atom stereocenters. The van der Waals surface area contributed by atoms with Crippen LogP contribution in [0, 0.1) is 6.92 Å². The van der Waals surface area contributed by atoms with E-state index in [9.17, 15) is 0 Å². The van der Waals surface area contributed by atoms with E-state index in [4.69, 9.17) is 14.2 Å². The highest BCUT2D eigenvalue weighted by atomic mass is 16.6. The number of benzene rings is 1. The molecule has 1 aliphatic heterocycles. The molecule has 0 spiro atoms. The van der Waals surface area contributed by atoms with E-state index in [0.717, 1.165) is 22.7 Å². The van der Waals surface area contributed by atoms with Crippen molar-refractivity contribution in [1.29, 1.82) is 0 Å². The number of fused-ring (bicyclic) bond motifs is 1. The number of anilines is 1. The lowest BCUT2D eigenvalue weighted by Crippen LogP contribution is -2.16. The summed E-state index contributed by atoms with van der Waals surface area (Å²) in [7, 11) is 1.65. The van der Waals surface area contributed by atoms with Crippen LogP contribution in [-0.2, 0) is 4.74 Å². The van der Waals surface area contributed by atoms with Crippen LogP contribution >= 0.6 is 0 Å². The third-order valence-corrected chi connectivity index (χ3v) is 2.30. The quantitative estimate of drug-likeness (QED) is 0.770. The largest absolute Gasteiger partial charge is 0.486 e. The smallest absolute Gasteiger partial charge is 0.163 e. The molecule has 0 fully saturated rings. The number of ether oxygens (including phenoxy) is 3. The molecule has 0 amide bonds. The van der Waals surface area contributed by atoms with Gasteiger partial charge in [0.15, 0.2) is 11.5 Å². The summed E-state index contributed by atoms with van der Waals surface area (Å²) in [5, 5.41) is 3.15. The van der Waals surface area contributed by atoms with Crippen LogP contribution in [0.4, 0.5) is 5.69 Å². The van der Waals surface area contributed by atoms with Gasteiger partial charge in [-0.05, 0) is 18.6 Å². The summed E-state index contributed by atoms with van der Waals surface area (Å²) in [5.74, 6) is 1.62. The van der Waals surface area contributed by atoms with Crippen molar-refractivity contribution >= 4 is 5.69 Å². The van der Waals surface area contributed by atoms with Gasteiger partial charge in [-0.15, -0.1) is 0 Å². The molecule has 1 heterocycles. The summed E-state index contributed by atoms with van der Waals surface area (Å²) < 4.78 is 15.9. The first-order chi connectivity index (χ1) is 7.31. The molecule has 2 rings (SSSR count). The molecule has 4 heteroatoms. The van der Waals surface area contributed by atoms with E-state index in [2.05, 4.69) is 5.32 Å². The molecule has 1 aromatic rings. The van der Waals surface area contributed by atoms with Crippen LogP contribution in [0.2, 0.25) is 0 Å². The first-order valence-electron chi connectivity index (χ1n) is 4.94. The van der Waals surface area contributed by atoms with Gasteiger partial charge in [0.2, 0.25) is 0 Å². The molecule has 82 valence electrons. The van der Waals surface area contributed by atoms with Gasteiger partial charge in [0.05, 0.1) is 0 Å². The van der Waals surface area contributed by atoms with E-state index in [1.165, 1.54) is 0 Å². The van der Waals surface area contributed by atoms with Crippen molar-refractivity contribution in [1.82, 2.24) is 0 Å². The van der Waals surface area contributed by atoms with Crippen LogP contribution in [0.1, 0.15) is 5.56 Å². The molecule has 1 aliphatic rings. The molecular weight excluding hydrogens is 194 g/mol. The van der Waals surface area contributed by atoms with Crippen LogP contribution in [-0.4, -0.2) is 27.1 Å². The van der Waals surface area contributed by atoms with Crippen molar-refractivity contribution in [2.75, 3.05) is 32.4 Å². The maximum absolute atomic E-state index is 5.49. The molecule has 15 heavy (non-hydrogen) atoms. The standard InChI is InChI=1S/C11H15NO3/c1-8-5-10-11(15-4-3-14-10)6-9(8)12-7-13-2/h5-6,12H,3-4,7H2,1-2H3. The molecule has 0 saturated heterocycles. The number of aryl methyl sites for hydroxylation is 1. The van der Waals surface area contributed by atoms with Crippen molar-refractivity contribution in [2.45, 2.75) is 6.92 Å². The molecule has 0 saturated carbocycles. The van der Waals surface area contributed by atoms with Crippen LogP contribution in [0.5, 0.6) is 11.5 Å². The fourth-order valence-corrected chi connectivity index (χ4v) is 1.53. The number of methoxy groups -OCH3 is 1. The van der Waals surface area contributed by atoms with E-state index in [1.807, 2.05) is 19.1 Å². The molecule has 4 nitrogen and oxygen atoms in total. The highest BCUT2D eigenvalue weighted by Gasteiger charge is 2.13. The molecule has 1 N–H and O–H groups in total. The van der Waals surface area contributed by atoms with Gasteiger partial charge in [0, 0.05) is 18.9 Å². The minimum atomic E-state index is 0.487. The van der Waals surface area contributed by atoms with Gasteiger partial charge in [0.25, 0.3) is 0 Å². The predicted molar refractivity (Wildman–Crippen MR) is 57.7 cm³/mol. The Hall–Kier alpha value is -1.42. The van der Waals surface area contributed by atoms with Gasteiger partial charge in [0.1, 0.15) is 19.9 Å². The van der Waals surface area contributed by atoms with E-state index in [1.54, 1.807) is 7.11 Å². The third kappa shape index (κ3) is 2.15. The van der Waals surface area contributed by atoms with E-state index < -0.39 is 0 Å². The summed E-state index contributed by atoms with van der Waals surface area (Å²) in [6.07, 6.45) is 0. The lowest BCUT2D eigenvalue weighted by molar-refractivity contribution is 0.171. The van der Waals surface area contributed by atoms with Gasteiger partial charge >= 0.3 is 0 Å². The Morgan fingerprint density at radius 1 is 1.27 bits per heavy atom. The monoisotopic (exact) mass is 209 g/mol. The van der Waals surface area contributed by atoms with Crippen molar-refractivity contribution in [3.05, 3.63) is 17.7 Å². The summed E-state index contributed by atoms with van der Waals surface area (Å²) >= 11 is 0. The highest BCUT2D eigenvalue weighted by molar-refractivity contribution is 5.60. The van der Waals surface area contributed by atoms with Crippen molar-refractivity contribution in [3.8, 4) is 11.5 Å². The zero-order valence-electron chi connectivity index (χ0n) is 9.00. The Morgan fingerprint density at radius 3 is 2.60 bits per heavy atom. The second-order valence-electron chi connectivity index (χ2n) is 3.42. The molecule has 1 aromatic carbocycles. The van der Waals surface area contributed by atoms with Gasteiger partial charge in [-0.1, -0.05) is 0 Å². The molecule has 0 aliphatic carbocycles. The molecular formula is C11H15NO3. The van der Waals surface area contributed by atoms with Gasteiger partial charge in [-0.3, -0.25) is 0 Å².